The van der Waals surface area contributed by atoms with Gasteiger partial charge in [0.05, 0.1) is 55.3 Å². The molecule has 0 bridgehead atoms. The first-order valence-corrected chi connectivity index (χ1v) is 12.9. The molecule has 3 rings (SSSR count). The van der Waals surface area contributed by atoms with Gasteiger partial charge in [-0.1, -0.05) is 64.2 Å². The molecular weight excluding hydrogens is 572 g/mol. The number of ether oxygens (including phenoxy) is 5. The number of alkyl halides is 1. The van der Waals surface area contributed by atoms with Crippen molar-refractivity contribution in [2.75, 3.05) is 27.9 Å². The van der Waals surface area contributed by atoms with Crippen molar-refractivity contribution in [1.29, 1.82) is 0 Å². The number of benzene rings is 3. The second kappa shape index (κ2) is 15.7. The standard InChI is InChI=1S/C28H29Cl3FNO6/c1-34-20-8-4-18(5-9-20)15-37-17-27(39-26-13-23(30)22(29)12-24(26)31)28(25(32)14-33-36-3)38-16-19-6-10-21(35-2)11-7-19/h4-14,25,27-28H,15-17H2,1-3H3/b33-14+/t25-,27-,28+/m1/s1. The molecule has 7 nitrogen and oxygen atoms in total. The molecule has 210 valence electrons. The molecule has 0 heterocycles. The molecule has 0 aliphatic rings. The number of nitrogens with zero attached hydrogens (tertiary/aromatic N) is 1. The van der Waals surface area contributed by atoms with E-state index >= 15 is 4.39 Å². The predicted molar refractivity (Wildman–Crippen MR) is 151 cm³/mol. The van der Waals surface area contributed by atoms with E-state index in [1.165, 1.54) is 19.2 Å². The van der Waals surface area contributed by atoms with E-state index in [1.54, 1.807) is 26.4 Å². The molecule has 0 aliphatic heterocycles. The number of rotatable bonds is 15. The Labute approximate surface area is 242 Å². The Hall–Kier alpha value is -2.75. The van der Waals surface area contributed by atoms with Gasteiger partial charge >= 0.3 is 0 Å². The summed E-state index contributed by atoms with van der Waals surface area (Å²) in [5.41, 5.74) is 1.68. The van der Waals surface area contributed by atoms with E-state index in [2.05, 4.69) is 9.99 Å². The summed E-state index contributed by atoms with van der Waals surface area (Å²) in [7, 11) is 4.48. The van der Waals surface area contributed by atoms with Crippen LogP contribution in [0.3, 0.4) is 0 Å². The van der Waals surface area contributed by atoms with E-state index in [0.29, 0.717) is 5.75 Å². The van der Waals surface area contributed by atoms with Crippen LogP contribution in [0.25, 0.3) is 0 Å². The van der Waals surface area contributed by atoms with Crippen molar-refractivity contribution in [1.82, 2.24) is 0 Å². The third-order valence-corrected chi connectivity index (χ3v) is 6.57. The third-order valence-electron chi connectivity index (χ3n) is 5.55. The Balaban J connectivity index is 1.85. The second-order valence-corrected chi connectivity index (χ2v) is 9.44. The molecule has 0 aliphatic carbocycles. The van der Waals surface area contributed by atoms with Gasteiger partial charge in [0.2, 0.25) is 0 Å². The van der Waals surface area contributed by atoms with E-state index in [1.807, 2.05) is 36.4 Å². The average molecular weight is 601 g/mol. The summed E-state index contributed by atoms with van der Waals surface area (Å²) < 4.78 is 44.0. The first kappa shape index (κ1) is 30.8. The van der Waals surface area contributed by atoms with Gasteiger partial charge in [-0.2, -0.15) is 0 Å². The maximum Gasteiger partial charge on any atom is 0.168 e. The van der Waals surface area contributed by atoms with Gasteiger partial charge in [-0.15, -0.1) is 0 Å². The average Bonchev–Trinajstić information content (AvgIpc) is 2.95. The van der Waals surface area contributed by atoms with Crippen molar-refractivity contribution < 1.29 is 32.9 Å². The van der Waals surface area contributed by atoms with Crippen LogP contribution in [0.1, 0.15) is 11.1 Å². The number of hydrogen-bond donors (Lipinski definition) is 0. The highest BCUT2D eigenvalue weighted by Crippen LogP contribution is 2.35. The molecule has 0 saturated carbocycles. The summed E-state index contributed by atoms with van der Waals surface area (Å²) in [6.07, 6.45) is -2.88. The number of halogens is 4. The molecule has 0 fully saturated rings. The quantitative estimate of drug-likeness (QED) is 0.105. The maximum atomic E-state index is 15.5. The van der Waals surface area contributed by atoms with Crippen LogP contribution in [0.4, 0.5) is 4.39 Å². The zero-order chi connectivity index (χ0) is 28.2. The van der Waals surface area contributed by atoms with Gasteiger partial charge in [0.25, 0.3) is 0 Å². The molecule has 0 N–H and O–H groups in total. The molecule has 0 radical (unpaired) electrons. The van der Waals surface area contributed by atoms with Crippen molar-refractivity contribution >= 4 is 41.0 Å². The summed E-state index contributed by atoms with van der Waals surface area (Å²) in [4.78, 5) is 4.68. The smallest absolute Gasteiger partial charge is 0.168 e. The Morgan fingerprint density at radius 2 is 1.36 bits per heavy atom. The fraction of sp³-hybridized carbons (Fsp3) is 0.321. The molecule has 0 saturated heterocycles. The van der Waals surface area contributed by atoms with Crippen LogP contribution in [-0.4, -0.2) is 52.5 Å². The molecule has 3 aromatic rings. The van der Waals surface area contributed by atoms with Crippen LogP contribution >= 0.6 is 34.8 Å². The minimum atomic E-state index is -1.72. The highest BCUT2D eigenvalue weighted by Gasteiger charge is 2.33. The van der Waals surface area contributed by atoms with Crippen LogP contribution in [0.15, 0.2) is 65.8 Å². The molecular formula is C28H29Cl3FNO6. The van der Waals surface area contributed by atoms with E-state index in [0.717, 1.165) is 23.1 Å². The summed E-state index contributed by atoms with van der Waals surface area (Å²) in [6, 6.07) is 17.5. The van der Waals surface area contributed by atoms with Crippen molar-refractivity contribution in [3.8, 4) is 17.2 Å². The van der Waals surface area contributed by atoms with Crippen molar-refractivity contribution in [3.05, 3.63) is 86.9 Å². The Kier molecular flexibility index (Phi) is 12.4. The van der Waals surface area contributed by atoms with Crippen LogP contribution in [-0.2, 0) is 27.5 Å². The lowest BCUT2D eigenvalue weighted by Gasteiger charge is -2.29. The number of methoxy groups -OCH3 is 2. The summed E-state index contributed by atoms with van der Waals surface area (Å²) >= 11 is 18.6. The van der Waals surface area contributed by atoms with Gasteiger partial charge in [0, 0.05) is 6.07 Å². The molecule has 0 amide bonds. The van der Waals surface area contributed by atoms with Crippen molar-refractivity contribution in [3.63, 3.8) is 0 Å². The van der Waals surface area contributed by atoms with Gasteiger partial charge < -0.3 is 28.5 Å². The van der Waals surface area contributed by atoms with Crippen LogP contribution < -0.4 is 14.2 Å². The zero-order valence-corrected chi connectivity index (χ0v) is 23.9. The van der Waals surface area contributed by atoms with Crippen LogP contribution in [0.2, 0.25) is 15.1 Å². The van der Waals surface area contributed by atoms with E-state index in [4.69, 9.17) is 58.5 Å². The third kappa shape index (κ3) is 9.44. The monoisotopic (exact) mass is 599 g/mol. The lowest BCUT2D eigenvalue weighted by molar-refractivity contribution is -0.0873. The fourth-order valence-electron chi connectivity index (χ4n) is 3.49. The lowest BCUT2D eigenvalue weighted by atomic mass is 10.1. The van der Waals surface area contributed by atoms with Gasteiger partial charge in [0.1, 0.15) is 30.5 Å². The Morgan fingerprint density at radius 3 is 1.92 bits per heavy atom. The molecule has 3 atom stereocenters. The molecule has 3 aromatic carbocycles. The van der Waals surface area contributed by atoms with Crippen LogP contribution in [0.5, 0.6) is 17.2 Å². The minimum Gasteiger partial charge on any atom is -0.497 e. The van der Waals surface area contributed by atoms with Gasteiger partial charge in [-0.25, -0.2) is 4.39 Å². The molecule has 0 spiro atoms. The fourth-order valence-corrected chi connectivity index (χ4v) is 4.07. The van der Waals surface area contributed by atoms with Gasteiger partial charge in [-0.05, 0) is 41.5 Å². The highest BCUT2D eigenvalue weighted by molar-refractivity contribution is 6.43. The molecule has 0 unspecified atom stereocenters. The minimum absolute atomic E-state index is 0.0584. The SMILES string of the molecule is CO/N=C/[C@@H](F)[C@H](OCc1ccc(OC)cc1)[C@@H](COCc1ccc(OC)cc1)Oc1cc(Cl)c(Cl)cc1Cl. The van der Waals surface area contributed by atoms with E-state index in [-0.39, 0.29) is 40.6 Å². The molecule has 39 heavy (non-hydrogen) atoms. The molecule has 0 aromatic heterocycles. The van der Waals surface area contributed by atoms with Crippen molar-refractivity contribution in [2.24, 2.45) is 5.16 Å². The van der Waals surface area contributed by atoms with Gasteiger partial charge in [-0.3, -0.25) is 0 Å². The first-order chi connectivity index (χ1) is 18.8. The largest absolute Gasteiger partial charge is 0.497 e. The first-order valence-electron chi connectivity index (χ1n) is 11.8. The normalized spacial score (nSPS) is 13.6. The van der Waals surface area contributed by atoms with Crippen molar-refractivity contribution in [2.45, 2.75) is 31.6 Å². The summed E-state index contributed by atoms with van der Waals surface area (Å²) in [6.45, 7) is 0.244. The second-order valence-electron chi connectivity index (χ2n) is 8.22. The van der Waals surface area contributed by atoms with Gasteiger partial charge in [0.15, 0.2) is 12.3 Å². The Morgan fingerprint density at radius 1 is 0.795 bits per heavy atom. The summed E-state index contributed by atoms with van der Waals surface area (Å²) in [5.74, 6) is 1.60. The van der Waals surface area contributed by atoms with E-state index < -0.39 is 18.4 Å². The molecule has 11 heteroatoms. The topological polar surface area (TPSA) is 67.7 Å². The summed E-state index contributed by atoms with van der Waals surface area (Å²) in [5, 5.41) is 4.25. The zero-order valence-electron chi connectivity index (χ0n) is 21.6. The lowest BCUT2D eigenvalue weighted by Crippen LogP contribution is -2.44. The predicted octanol–water partition coefficient (Wildman–Crippen LogP) is 7.18. The Bertz CT molecular complexity index is 1200. The maximum absolute atomic E-state index is 15.5. The number of hydrogen-bond acceptors (Lipinski definition) is 7. The van der Waals surface area contributed by atoms with Crippen LogP contribution in [0, 0.1) is 0 Å². The highest BCUT2D eigenvalue weighted by atomic mass is 35.5. The number of oxime groups is 1. The van der Waals surface area contributed by atoms with E-state index in [9.17, 15) is 0 Å².